The van der Waals surface area contributed by atoms with Gasteiger partial charge in [-0.3, -0.25) is 10.1 Å². The van der Waals surface area contributed by atoms with Crippen molar-refractivity contribution in [3.05, 3.63) is 32.3 Å². The summed E-state index contributed by atoms with van der Waals surface area (Å²) in [6.45, 7) is 3.16. The summed E-state index contributed by atoms with van der Waals surface area (Å²) in [6.07, 6.45) is 0. The number of hydrogen-bond donors (Lipinski definition) is 2. The number of sulfonamides is 1. The standard InChI is InChI=1S/C10H13Cl2N3O4S/c1-2-13-5-6-14-20(18,19)8-4-3-7(11)10(9(8)12)15(16)17/h3-4,13-14H,2,5-6H2,1H3. The highest BCUT2D eigenvalue weighted by Crippen LogP contribution is 2.36. The molecule has 20 heavy (non-hydrogen) atoms. The predicted octanol–water partition coefficient (Wildman–Crippen LogP) is 1.79. The lowest BCUT2D eigenvalue weighted by molar-refractivity contribution is -0.384. The minimum absolute atomic E-state index is 0.142. The molecule has 1 aromatic carbocycles. The van der Waals surface area contributed by atoms with Gasteiger partial charge in [-0.2, -0.15) is 0 Å². The van der Waals surface area contributed by atoms with Crippen LogP contribution < -0.4 is 10.0 Å². The summed E-state index contributed by atoms with van der Waals surface area (Å²) in [4.78, 5) is 9.65. The quantitative estimate of drug-likeness (QED) is 0.447. The first-order chi connectivity index (χ1) is 9.31. The third kappa shape index (κ3) is 4.03. The summed E-state index contributed by atoms with van der Waals surface area (Å²) < 4.78 is 26.3. The predicted molar refractivity (Wildman–Crippen MR) is 76.8 cm³/mol. The molecule has 112 valence electrons. The van der Waals surface area contributed by atoms with Gasteiger partial charge < -0.3 is 5.32 Å². The number of halogens is 2. The number of nitro benzene ring substituents is 1. The number of benzene rings is 1. The Bertz CT molecular complexity index is 607. The fourth-order valence-electron chi connectivity index (χ4n) is 1.43. The molecular weight excluding hydrogens is 329 g/mol. The topological polar surface area (TPSA) is 101 Å². The summed E-state index contributed by atoms with van der Waals surface area (Å²) in [5.74, 6) is 0. The fraction of sp³-hybridized carbons (Fsp3) is 0.400. The van der Waals surface area contributed by atoms with Crippen molar-refractivity contribution in [3.8, 4) is 0 Å². The van der Waals surface area contributed by atoms with E-state index in [0.29, 0.717) is 13.1 Å². The SMILES string of the molecule is CCNCCNS(=O)(=O)c1ccc(Cl)c([N+](=O)[O-])c1Cl. The van der Waals surface area contributed by atoms with Crippen LogP contribution in [0.4, 0.5) is 5.69 Å². The van der Waals surface area contributed by atoms with Crippen LogP contribution in [0.1, 0.15) is 6.92 Å². The van der Waals surface area contributed by atoms with Crippen LogP contribution in [0.5, 0.6) is 0 Å². The van der Waals surface area contributed by atoms with Gasteiger partial charge in [0.05, 0.1) is 4.92 Å². The number of nitro groups is 1. The van der Waals surface area contributed by atoms with Crippen LogP contribution in [0.15, 0.2) is 17.0 Å². The van der Waals surface area contributed by atoms with Crippen LogP contribution in [-0.4, -0.2) is 33.0 Å². The molecule has 0 fully saturated rings. The highest BCUT2D eigenvalue weighted by Gasteiger charge is 2.27. The molecule has 1 aromatic rings. The third-order valence-electron chi connectivity index (χ3n) is 2.35. The number of rotatable bonds is 7. The van der Waals surface area contributed by atoms with E-state index in [9.17, 15) is 18.5 Å². The second-order valence-electron chi connectivity index (χ2n) is 3.72. The molecule has 10 heteroatoms. The molecule has 0 aliphatic rings. The van der Waals surface area contributed by atoms with Crippen molar-refractivity contribution in [2.45, 2.75) is 11.8 Å². The smallest absolute Gasteiger partial charge is 0.307 e. The first-order valence-corrected chi connectivity index (χ1v) is 7.88. The number of hydrogen-bond acceptors (Lipinski definition) is 5. The Hall–Kier alpha value is -0.930. The molecule has 0 aromatic heterocycles. The molecule has 2 N–H and O–H groups in total. The summed E-state index contributed by atoms with van der Waals surface area (Å²) in [5.41, 5.74) is -0.622. The normalized spacial score (nSPS) is 11.6. The van der Waals surface area contributed by atoms with E-state index in [-0.39, 0.29) is 16.5 Å². The lowest BCUT2D eigenvalue weighted by Gasteiger charge is -2.09. The minimum atomic E-state index is -3.93. The van der Waals surface area contributed by atoms with Gasteiger partial charge >= 0.3 is 5.69 Å². The summed E-state index contributed by atoms with van der Waals surface area (Å²) in [6, 6.07) is 2.26. The second-order valence-corrected chi connectivity index (χ2v) is 6.24. The molecule has 0 unspecified atom stereocenters. The zero-order chi connectivity index (χ0) is 15.3. The van der Waals surface area contributed by atoms with Crippen molar-refractivity contribution in [1.82, 2.24) is 10.0 Å². The Balaban J connectivity index is 3.07. The molecule has 0 spiro atoms. The minimum Gasteiger partial charge on any atom is -0.316 e. The molecule has 0 saturated carbocycles. The zero-order valence-electron chi connectivity index (χ0n) is 10.5. The third-order valence-corrected chi connectivity index (χ3v) is 4.65. The average molecular weight is 342 g/mol. The number of nitrogens with one attached hydrogen (secondary N) is 2. The lowest BCUT2D eigenvalue weighted by atomic mass is 10.3. The Kier molecular flexibility index (Phi) is 6.15. The zero-order valence-corrected chi connectivity index (χ0v) is 12.8. The fourth-order valence-corrected chi connectivity index (χ4v) is 3.35. The van der Waals surface area contributed by atoms with E-state index < -0.39 is 25.7 Å². The molecule has 0 atom stereocenters. The van der Waals surface area contributed by atoms with E-state index in [0.717, 1.165) is 12.1 Å². The van der Waals surface area contributed by atoms with Crippen LogP contribution in [-0.2, 0) is 10.0 Å². The average Bonchev–Trinajstić information content (AvgIpc) is 2.34. The van der Waals surface area contributed by atoms with E-state index in [4.69, 9.17) is 23.2 Å². The van der Waals surface area contributed by atoms with E-state index >= 15 is 0 Å². The van der Waals surface area contributed by atoms with Gasteiger partial charge in [-0.25, -0.2) is 13.1 Å². The Morgan fingerprint density at radius 3 is 2.50 bits per heavy atom. The largest absolute Gasteiger partial charge is 0.316 e. The van der Waals surface area contributed by atoms with Crippen LogP contribution >= 0.6 is 23.2 Å². The molecule has 0 amide bonds. The van der Waals surface area contributed by atoms with Crippen LogP contribution in [0.3, 0.4) is 0 Å². The van der Waals surface area contributed by atoms with Gasteiger partial charge in [0, 0.05) is 13.1 Å². The first-order valence-electron chi connectivity index (χ1n) is 5.64. The molecule has 0 bridgehead atoms. The van der Waals surface area contributed by atoms with Gasteiger partial charge in [0.2, 0.25) is 10.0 Å². The number of likely N-dealkylation sites (N-methyl/N-ethyl adjacent to an activating group) is 1. The van der Waals surface area contributed by atoms with Crippen molar-refractivity contribution in [2.75, 3.05) is 19.6 Å². The number of nitrogens with zero attached hydrogens (tertiary/aromatic N) is 1. The maximum Gasteiger partial charge on any atom is 0.307 e. The first kappa shape index (κ1) is 17.1. The highest BCUT2D eigenvalue weighted by atomic mass is 35.5. The van der Waals surface area contributed by atoms with Crippen LogP contribution in [0.25, 0.3) is 0 Å². The van der Waals surface area contributed by atoms with Gasteiger partial charge in [0.15, 0.2) is 0 Å². The summed E-state index contributed by atoms with van der Waals surface area (Å²) >= 11 is 11.4. The Labute approximate surface area is 126 Å². The maximum absolute atomic E-state index is 12.0. The monoisotopic (exact) mass is 341 g/mol. The van der Waals surface area contributed by atoms with Crippen molar-refractivity contribution in [3.63, 3.8) is 0 Å². The molecule has 1 rings (SSSR count). The Morgan fingerprint density at radius 1 is 1.30 bits per heavy atom. The van der Waals surface area contributed by atoms with E-state index in [1.807, 2.05) is 6.92 Å². The van der Waals surface area contributed by atoms with E-state index in [2.05, 4.69) is 10.0 Å². The van der Waals surface area contributed by atoms with Crippen molar-refractivity contribution in [2.24, 2.45) is 0 Å². The van der Waals surface area contributed by atoms with Crippen molar-refractivity contribution < 1.29 is 13.3 Å². The Morgan fingerprint density at radius 2 is 1.95 bits per heavy atom. The summed E-state index contributed by atoms with van der Waals surface area (Å²) in [5, 5.41) is 13.1. The van der Waals surface area contributed by atoms with E-state index in [1.54, 1.807) is 0 Å². The molecule has 0 aliphatic carbocycles. The van der Waals surface area contributed by atoms with E-state index in [1.165, 1.54) is 0 Å². The maximum atomic E-state index is 12.0. The molecular formula is C10H13Cl2N3O4S. The lowest BCUT2D eigenvalue weighted by Crippen LogP contribution is -2.32. The highest BCUT2D eigenvalue weighted by molar-refractivity contribution is 7.89. The van der Waals surface area contributed by atoms with Crippen LogP contribution in [0, 0.1) is 10.1 Å². The van der Waals surface area contributed by atoms with Gasteiger partial charge in [-0.1, -0.05) is 30.1 Å². The molecule has 0 heterocycles. The van der Waals surface area contributed by atoms with Gasteiger partial charge in [-0.15, -0.1) is 0 Å². The molecule has 0 aliphatic heterocycles. The molecule has 0 saturated heterocycles. The van der Waals surface area contributed by atoms with Gasteiger partial charge in [0.25, 0.3) is 0 Å². The van der Waals surface area contributed by atoms with Crippen molar-refractivity contribution >= 4 is 38.9 Å². The molecule has 7 nitrogen and oxygen atoms in total. The van der Waals surface area contributed by atoms with Crippen LogP contribution in [0.2, 0.25) is 10.0 Å². The second kappa shape index (κ2) is 7.19. The van der Waals surface area contributed by atoms with Gasteiger partial charge in [-0.05, 0) is 18.7 Å². The molecule has 0 radical (unpaired) electrons. The van der Waals surface area contributed by atoms with Gasteiger partial charge in [0.1, 0.15) is 14.9 Å². The van der Waals surface area contributed by atoms with Crippen molar-refractivity contribution in [1.29, 1.82) is 0 Å². The summed E-state index contributed by atoms with van der Waals surface area (Å²) in [7, 11) is -3.93.